The number of hydrogen-bond acceptors (Lipinski definition) is 2. The fraction of sp³-hybridized carbons (Fsp3) is 0.467. The van der Waals surface area contributed by atoms with E-state index in [0.717, 1.165) is 24.7 Å². The molecule has 2 N–H and O–H groups in total. The van der Waals surface area contributed by atoms with Crippen LogP contribution in [0.3, 0.4) is 0 Å². The Labute approximate surface area is 111 Å². The van der Waals surface area contributed by atoms with Crippen LogP contribution in [0, 0.1) is 17.8 Å². The Morgan fingerprint density at radius 1 is 1.11 bits per heavy atom. The molecule has 2 saturated carbocycles. The second-order valence-corrected chi connectivity index (χ2v) is 5.61. The van der Waals surface area contributed by atoms with Crippen LogP contribution in [0.15, 0.2) is 30.3 Å². The van der Waals surface area contributed by atoms with Crippen molar-refractivity contribution in [1.82, 2.24) is 5.32 Å². The molecule has 4 heteroatoms. The van der Waals surface area contributed by atoms with Gasteiger partial charge in [0.15, 0.2) is 6.04 Å². The van der Waals surface area contributed by atoms with Crippen LogP contribution in [0.4, 0.5) is 0 Å². The van der Waals surface area contributed by atoms with E-state index in [-0.39, 0.29) is 11.8 Å². The van der Waals surface area contributed by atoms with Crippen molar-refractivity contribution in [3.8, 4) is 0 Å². The van der Waals surface area contributed by atoms with Gasteiger partial charge in [-0.3, -0.25) is 4.79 Å². The fourth-order valence-electron chi connectivity index (χ4n) is 3.12. The molecule has 0 aromatic heterocycles. The molecular formula is C15H17NO3. The Morgan fingerprint density at radius 2 is 1.74 bits per heavy atom. The first-order valence-corrected chi connectivity index (χ1v) is 6.73. The van der Waals surface area contributed by atoms with Gasteiger partial charge in [-0.25, -0.2) is 4.79 Å². The molecule has 0 bridgehead atoms. The summed E-state index contributed by atoms with van der Waals surface area (Å²) in [6.45, 7) is 0. The summed E-state index contributed by atoms with van der Waals surface area (Å²) in [4.78, 5) is 23.4. The van der Waals surface area contributed by atoms with Gasteiger partial charge < -0.3 is 10.4 Å². The second kappa shape index (κ2) is 4.68. The van der Waals surface area contributed by atoms with Crippen LogP contribution >= 0.6 is 0 Å². The summed E-state index contributed by atoms with van der Waals surface area (Å²) in [7, 11) is 0. The first kappa shape index (κ1) is 12.2. The topological polar surface area (TPSA) is 66.4 Å². The van der Waals surface area contributed by atoms with Gasteiger partial charge in [-0.15, -0.1) is 0 Å². The molecule has 0 aliphatic heterocycles. The van der Waals surface area contributed by atoms with E-state index in [0.29, 0.717) is 5.56 Å². The quantitative estimate of drug-likeness (QED) is 0.868. The number of carbonyl (C=O) groups excluding carboxylic acids is 1. The smallest absolute Gasteiger partial charge is 0.330 e. The Kier molecular flexibility index (Phi) is 3.01. The summed E-state index contributed by atoms with van der Waals surface area (Å²) < 4.78 is 0. The minimum Gasteiger partial charge on any atom is -0.479 e. The lowest BCUT2D eigenvalue weighted by Gasteiger charge is -2.18. The van der Waals surface area contributed by atoms with Gasteiger partial charge in [0.25, 0.3) is 0 Å². The van der Waals surface area contributed by atoms with E-state index in [9.17, 15) is 14.7 Å². The number of hydrogen-bond donors (Lipinski definition) is 2. The predicted octanol–water partition coefficient (Wildman–Crippen LogP) is 1.97. The molecule has 2 unspecified atom stereocenters. The highest BCUT2D eigenvalue weighted by Gasteiger charge is 2.48. The van der Waals surface area contributed by atoms with Crippen molar-refractivity contribution in [1.29, 1.82) is 0 Å². The minimum absolute atomic E-state index is 0.00862. The Balaban J connectivity index is 1.68. The molecule has 3 rings (SSSR count). The second-order valence-electron chi connectivity index (χ2n) is 5.61. The molecule has 2 aliphatic carbocycles. The number of amides is 1. The van der Waals surface area contributed by atoms with Crippen LogP contribution in [-0.4, -0.2) is 17.0 Å². The number of fused-ring (bicyclic) bond motifs is 1. The zero-order valence-corrected chi connectivity index (χ0v) is 10.6. The standard InChI is InChI=1S/C15H17NO3/c17-14(12-7-10-6-11(10)8-12)16-13(15(18)19)9-4-2-1-3-5-9/h1-5,10-13H,6-8H2,(H,16,17)(H,18,19)/t10?,11?,12?,13-/m1/s1. The zero-order valence-electron chi connectivity index (χ0n) is 10.6. The summed E-state index contributed by atoms with van der Waals surface area (Å²) >= 11 is 0. The van der Waals surface area contributed by atoms with Crippen molar-refractivity contribution in [2.75, 3.05) is 0 Å². The van der Waals surface area contributed by atoms with Crippen LogP contribution in [0.2, 0.25) is 0 Å². The summed E-state index contributed by atoms with van der Waals surface area (Å²) in [5.74, 6) is 0.326. The molecule has 1 aromatic carbocycles. The van der Waals surface area contributed by atoms with Crippen molar-refractivity contribution in [3.05, 3.63) is 35.9 Å². The summed E-state index contributed by atoms with van der Waals surface area (Å²) in [6, 6.07) is 7.90. The lowest BCUT2D eigenvalue weighted by molar-refractivity contribution is -0.142. The molecule has 1 aromatic rings. The van der Waals surface area contributed by atoms with Gasteiger partial charge in [-0.2, -0.15) is 0 Å². The van der Waals surface area contributed by atoms with Gasteiger partial charge in [0, 0.05) is 5.92 Å². The van der Waals surface area contributed by atoms with Crippen LogP contribution in [0.5, 0.6) is 0 Å². The molecule has 2 aliphatic rings. The Hall–Kier alpha value is -1.84. The van der Waals surface area contributed by atoms with Crippen molar-refractivity contribution in [3.63, 3.8) is 0 Å². The third-order valence-corrected chi connectivity index (χ3v) is 4.28. The lowest BCUT2D eigenvalue weighted by Crippen LogP contribution is -2.37. The number of benzene rings is 1. The number of aliphatic carboxylic acids is 1. The van der Waals surface area contributed by atoms with Gasteiger partial charge in [0.1, 0.15) is 0 Å². The third kappa shape index (κ3) is 2.48. The molecule has 0 radical (unpaired) electrons. The largest absolute Gasteiger partial charge is 0.479 e. The van der Waals surface area contributed by atoms with Crippen LogP contribution in [0.1, 0.15) is 30.9 Å². The molecule has 19 heavy (non-hydrogen) atoms. The molecule has 4 nitrogen and oxygen atoms in total. The van der Waals surface area contributed by atoms with Crippen LogP contribution in [-0.2, 0) is 9.59 Å². The van der Waals surface area contributed by atoms with E-state index in [1.807, 2.05) is 6.07 Å². The van der Waals surface area contributed by atoms with Crippen LogP contribution in [0.25, 0.3) is 0 Å². The molecule has 100 valence electrons. The fourth-order valence-corrected chi connectivity index (χ4v) is 3.12. The maximum absolute atomic E-state index is 12.1. The molecule has 2 fully saturated rings. The number of carboxylic acids is 1. The monoisotopic (exact) mass is 259 g/mol. The van der Waals surface area contributed by atoms with Gasteiger partial charge in [0.05, 0.1) is 0 Å². The molecular weight excluding hydrogens is 242 g/mol. The number of rotatable bonds is 4. The van der Waals surface area contributed by atoms with E-state index in [1.54, 1.807) is 24.3 Å². The summed E-state index contributed by atoms with van der Waals surface area (Å²) in [5.41, 5.74) is 0.617. The maximum Gasteiger partial charge on any atom is 0.330 e. The zero-order chi connectivity index (χ0) is 13.4. The van der Waals surface area contributed by atoms with E-state index in [4.69, 9.17) is 0 Å². The molecule has 3 atom stereocenters. The number of carboxylic acid groups (broad SMARTS) is 1. The Bertz CT molecular complexity index is 489. The highest BCUT2D eigenvalue weighted by molar-refractivity contribution is 5.86. The van der Waals surface area contributed by atoms with Crippen molar-refractivity contribution in [2.24, 2.45) is 17.8 Å². The van der Waals surface area contributed by atoms with E-state index >= 15 is 0 Å². The number of carbonyl (C=O) groups is 2. The average molecular weight is 259 g/mol. The SMILES string of the molecule is O=C(N[C@@H](C(=O)O)c1ccccc1)C1CC2CC2C1. The highest BCUT2D eigenvalue weighted by atomic mass is 16.4. The van der Waals surface area contributed by atoms with E-state index < -0.39 is 12.0 Å². The Morgan fingerprint density at radius 3 is 2.32 bits per heavy atom. The van der Waals surface area contributed by atoms with Gasteiger partial charge in [-0.1, -0.05) is 30.3 Å². The van der Waals surface area contributed by atoms with Crippen molar-refractivity contribution >= 4 is 11.9 Å². The van der Waals surface area contributed by atoms with Gasteiger partial charge in [0.2, 0.25) is 5.91 Å². The minimum atomic E-state index is -1.01. The van der Waals surface area contributed by atoms with Crippen molar-refractivity contribution < 1.29 is 14.7 Å². The molecule has 0 saturated heterocycles. The first-order valence-electron chi connectivity index (χ1n) is 6.73. The maximum atomic E-state index is 12.1. The van der Waals surface area contributed by atoms with E-state index in [1.165, 1.54) is 6.42 Å². The van der Waals surface area contributed by atoms with Gasteiger partial charge in [-0.05, 0) is 36.7 Å². The van der Waals surface area contributed by atoms with Gasteiger partial charge >= 0.3 is 5.97 Å². The predicted molar refractivity (Wildman–Crippen MR) is 69.3 cm³/mol. The normalized spacial score (nSPS) is 29.4. The highest BCUT2D eigenvalue weighted by Crippen LogP contribution is 2.54. The summed E-state index contributed by atoms with van der Waals surface area (Å²) in [6.07, 6.45) is 3.11. The average Bonchev–Trinajstić information content (AvgIpc) is 3.03. The molecule has 0 spiro atoms. The van der Waals surface area contributed by atoms with E-state index in [2.05, 4.69) is 5.32 Å². The first-order chi connectivity index (χ1) is 9.15. The molecule has 0 heterocycles. The lowest BCUT2D eigenvalue weighted by atomic mass is 10.0. The number of nitrogens with one attached hydrogen (secondary N) is 1. The van der Waals surface area contributed by atoms with Crippen molar-refractivity contribution in [2.45, 2.75) is 25.3 Å². The van der Waals surface area contributed by atoms with Crippen LogP contribution < -0.4 is 5.32 Å². The molecule has 1 amide bonds. The third-order valence-electron chi connectivity index (χ3n) is 4.28. The summed E-state index contributed by atoms with van der Waals surface area (Å²) in [5, 5.41) is 11.9.